The fourth-order valence-electron chi connectivity index (χ4n) is 3.69. The minimum Gasteiger partial charge on any atom is -0.335 e. The van der Waals surface area contributed by atoms with E-state index in [2.05, 4.69) is 32.4 Å². The SMILES string of the molecule is O=C(NC1CC=CCC1)N1CCC(c2nccc(-c3cncnc3)n2)CC1. The van der Waals surface area contributed by atoms with Gasteiger partial charge in [0.25, 0.3) is 0 Å². The number of nitrogens with one attached hydrogen (secondary N) is 1. The first-order valence-corrected chi connectivity index (χ1v) is 9.58. The van der Waals surface area contributed by atoms with Crippen LogP contribution in [0.3, 0.4) is 0 Å². The Morgan fingerprint density at radius 2 is 1.93 bits per heavy atom. The molecule has 1 atom stereocenters. The van der Waals surface area contributed by atoms with Gasteiger partial charge in [-0.05, 0) is 38.2 Å². The molecule has 1 saturated heterocycles. The number of nitrogens with zero attached hydrogens (tertiary/aromatic N) is 5. The second kappa shape index (κ2) is 8.24. The van der Waals surface area contributed by atoms with E-state index in [4.69, 9.17) is 4.98 Å². The van der Waals surface area contributed by atoms with Crippen molar-refractivity contribution >= 4 is 6.03 Å². The zero-order valence-electron chi connectivity index (χ0n) is 15.3. The van der Waals surface area contributed by atoms with Crippen LogP contribution in [-0.2, 0) is 0 Å². The van der Waals surface area contributed by atoms with E-state index in [0.717, 1.165) is 62.3 Å². The molecule has 140 valence electrons. The summed E-state index contributed by atoms with van der Waals surface area (Å²) in [5.74, 6) is 1.12. The summed E-state index contributed by atoms with van der Waals surface area (Å²) in [6, 6.07) is 2.21. The first-order valence-electron chi connectivity index (χ1n) is 9.58. The van der Waals surface area contributed by atoms with Gasteiger partial charge >= 0.3 is 6.03 Å². The number of piperidine rings is 1. The van der Waals surface area contributed by atoms with Gasteiger partial charge in [0.15, 0.2) is 0 Å². The Morgan fingerprint density at radius 3 is 2.67 bits per heavy atom. The molecule has 4 rings (SSSR count). The molecule has 0 spiro atoms. The summed E-state index contributed by atoms with van der Waals surface area (Å²) in [5, 5.41) is 3.16. The van der Waals surface area contributed by atoms with Crippen molar-refractivity contribution in [3.63, 3.8) is 0 Å². The second-order valence-corrected chi connectivity index (χ2v) is 7.12. The lowest BCUT2D eigenvalue weighted by Gasteiger charge is -2.33. The normalized spacial score (nSPS) is 20.4. The van der Waals surface area contributed by atoms with Crippen molar-refractivity contribution in [1.29, 1.82) is 0 Å². The molecule has 0 bridgehead atoms. The van der Waals surface area contributed by atoms with Crippen molar-refractivity contribution in [2.75, 3.05) is 13.1 Å². The molecule has 0 radical (unpaired) electrons. The molecule has 1 N–H and O–H groups in total. The molecule has 7 heteroatoms. The Balaban J connectivity index is 1.35. The average molecular weight is 364 g/mol. The molecule has 2 amide bonds. The van der Waals surface area contributed by atoms with Crippen molar-refractivity contribution in [1.82, 2.24) is 30.2 Å². The number of rotatable bonds is 3. The molecule has 1 aliphatic carbocycles. The maximum Gasteiger partial charge on any atom is 0.317 e. The zero-order valence-corrected chi connectivity index (χ0v) is 15.3. The predicted octanol–water partition coefficient (Wildman–Crippen LogP) is 2.93. The van der Waals surface area contributed by atoms with E-state index in [0.29, 0.717) is 0 Å². The van der Waals surface area contributed by atoms with Crippen molar-refractivity contribution in [3.05, 3.63) is 49.0 Å². The molecular weight excluding hydrogens is 340 g/mol. The van der Waals surface area contributed by atoms with Crippen LogP contribution in [0.5, 0.6) is 0 Å². The number of likely N-dealkylation sites (tertiary alicyclic amines) is 1. The summed E-state index contributed by atoms with van der Waals surface area (Å²) in [6.07, 6.45) is 15.9. The first-order chi connectivity index (χ1) is 13.3. The Morgan fingerprint density at radius 1 is 1.11 bits per heavy atom. The lowest BCUT2D eigenvalue weighted by molar-refractivity contribution is 0.176. The van der Waals surface area contributed by atoms with Gasteiger partial charge in [0.2, 0.25) is 0 Å². The van der Waals surface area contributed by atoms with Gasteiger partial charge < -0.3 is 10.2 Å². The average Bonchev–Trinajstić information content (AvgIpc) is 2.75. The molecule has 1 aliphatic heterocycles. The lowest BCUT2D eigenvalue weighted by atomic mass is 9.96. The largest absolute Gasteiger partial charge is 0.335 e. The van der Waals surface area contributed by atoms with E-state index in [1.807, 2.05) is 11.0 Å². The molecule has 1 unspecified atom stereocenters. The Bertz CT molecular complexity index is 801. The van der Waals surface area contributed by atoms with Gasteiger partial charge in [0.1, 0.15) is 12.2 Å². The van der Waals surface area contributed by atoms with Crippen molar-refractivity contribution in [2.24, 2.45) is 0 Å². The number of carbonyl (C=O) groups excluding carboxylic acids is 1. The third kappa shape index (κ3) is 4.30. The van der Waals surface area contributed by atoms with E-state index in [9.17, 15) is 4.79 Å². The Kier molecular flexibility index (Phi) is 5.37. The van der Waals surface area contributed by atoms with E-state index >= 15 is 0 Å². The van der Waals surface area contributed by atoms with E-state index in [1.165, 1.54) is 6.33 Å². The fourth-order valence-corrected chi connectivity index (χ4v) is 3.69. The van der Waals surface area contributed by atoms with Gasteiger partial charge in [0, 0.05) is 49.2 Å². The minimum absolute atomic E-state index is 0.0600. The van der Waals surface area contributed by atoms with Gasteiger partial charge in [-0.2, -0.15) is 0 Å². The molecule has 2 aromatic heterocycles. The number of hydrogen-bond donors (Lipinski definition) is 1. The molecule has 27 heavy (non-hydrogen) atoms. The molecule has 1 fully saturated rings. The van der Waals surface area contributed by atoms with Crippen LogP contribution in [0.4, 0.5) is 4.79 Å². The summed E-state index contributed by atoms with van der Waals surface area (Å²) >= 11 is 0. The number of urea groups is 1. The van der Waals surface area contributed by atoms with E-state index in [1.54, 1.807) is 18.6 Å². The lowest BCUT2D eigenvalue weighted by Crippen LogP contribution is -2.47. The van der Waals surface area contributed by atoms with Gasteiger partial charge in [-0.3, -0.25) is 0 Å². The fraction of sp³-hybridized carbons (Fsp3) is 0.450. The highest BCUT2D eigenvalue weighted by atomic mass is 16.2. The summed E-state index contributed by atoms with van der Waals surface area (Å²) in [5.41, 5.74) is 1.73. The molecule has 0 aromatic carbocycles. The maximum atomic E-state index is 12.5. The quantitative estimate of drug-likeness (QED) is 0.847. The van der Waals surface area contributed by atoms with Gasteiger partial charge in [-0.1, -0.05) is 12.2 Å². The van der Waals surface area contributed by atoms with Crippen molar-refractivity contribution < 1.29 is 4.79 Å². The highest BCUT2D eigenvalue weighted by molar-refractivity contribution is 5.74. The molecular formula is C20H24N6O. The van der Waals surface area contributed by atoms with Crippen LogP contribution < -0.4 is 5.32 Å². The van der Waals surface area contributed by atoms with Crippen LogP contribution >= 0.6 is 0 Å². The highest BCUT2D eigenvalue weighted by Crippen LogP contribution is 2.27. The van der Waals surface area contributed by atoms with Crippen LogP contribution in [0, 0.1) is 0 Å². The Labute approximate surface area is 159 Å². The molecule has 7 nitrogen and oxygen atoms in total. The number of carbonyl (C=O) groups is 1. The molecule has 2 aliphatic rings. The topological polar surface area (TPSA) is 83.9 Å². The molecule has 0 saturated carbocycles. The maximum absolute atomic E-state index is 12.5. The van der Waals surface area contributed by atoms with Gasteiger partial charge in [0.05, 0.1) is 5.69 Å². The zero-order chi connectivity index (χ0) is 18.5. The third-order valence-electron chi connectivity index (χ3n) is 5.27. The Hall–Kier alpha value is -2.83. The predicted molar refractivity (Wildman–Crippen MR) is 102 cm³/mol. The van der Waals surface area contributed by atoms with Crippen molar-refractivity contribution in [3.8, 4) is 11.3 Å². The first kappa shape index (κ1) is 17.6. The third-order valence-corrected chi connectivity index (χ3v) is 5.27. The smallest absolute Gasteiger partial charge is 0.317 e. The van der Waals surface area contributed by atoms with Gasteiger partial charge in [-0.15, -0.1) is 0 Å². The van der Waals surface area contributed by atoms with Gasteiger partial charge in [-0.25, -0.2) is 24.7 Å². The van der Waals surface area contributed by atoms with E-state index in [-0.39, 0.29) is 18.0 Å². The molecule has 3 heterocycles. The van der Waals surface area contributed by atoms with Crippen LogP contribution in [-0.4, -0.2) is 50.0 Å². The minimum atomic E-state index is 0.0600. The number of hydrogen-bond acceptors (Lipinski definition) is 5. The summed E-state index contributed by atoms with van der Waals surface area (Å²) in [4.78, 5) is 31.7. The number of amides is 2. The standard InChI is InChI=1S/C20H24N6O/c27-20(24-17-4-2-1-3-5-17)26-10-7-15(8-11-26)19-23-9-6-18(25-19)16-12-21-14-22-13-16/h1-2,6,9,12-15,17H,3-5,7-8,10-11H2,(H,24,27). The summed E-state index contributed by atoms with van der Waals surface area (Å²) < 4.78 is 0. The monoisotopic (exact) mass is 364 g/mol. The van der Waals surface area contributed by atoms with Crippen LogP contribution in [0.2, 0.25) is 0 Å². The van der Waals surface area contributed by atoms with Crippen LogP contribution in [0.25, 0.3) is 11.3 Å². The van der Waals surface area contributed by atoms with Crippen LogP contribution in [0.15, 0.2) is 43.1 Å². The number of aromatic nitrogens is 4. The van der Waals surface area contributed by atoms with Crippen molar-refractivity contribution in [2.45, 2.75) is 44.1 Å². The number of allylic oxidation sites excluding steroid dienone is 1. The van der Waals surface area contributed by atoms with Crippen LogP contribution in [0.1, 0.15) is 43.8 Å². The highest BCUT2D eigenvalue weighted by Gasteiger charge is 2.26. The van der Waals surface area contributed by atoms with E-state index < -0.39 is 0 Å². The summed E-state index contributed by atoms with van der Waals surface area (Å²) in [6.45, 7) is 1.47. The second-order valence-electron chi connectivity index (χ2n) is 7.12. The molecule has 2 aromatic rings. The summed E-state index contributed by atoms with van der Waals surface area (Å²) in [7, 11) is 0.